The van der Waals surface area contributed by atoms with Gasteiger partial charge in [0.15, 0.2) is 5.82 Å². The highest BCUT2D eigenvalue weighted by atomic mass is 16.5. The monoisotopic (exact) mass is 439 g/mol. The van der Waals surface area contributed by atoms with E-state index in [1.165, 1.54) is 5.56 Å². The molecule has 1 N–H and O–H groups in total. The zero-order valence-corrected chi connectivity index (χ0v) is 19.9. The summed E-state index contributed by atoms with van der Waals surface area (Å²) in [4.78, 5) is 22.4. The van der Waals surface area contributed by atoms with Crippen LogP contribution < -0.4 is 0 Å². The van der Waals surface area contributed by atoms with E-state index in [-0.39, 0.29) is 18.1 Å². The summed E-state index contributed by atoms with van der Waals surface area (Å²) in [6.07, 6.45) is 3.52. The molecule has 0 aliphatic carbocycles. The van der Waals surface area contributed by atoms with Gasteiger partial charge in [-0.3, -0.25) is 9.89 Å². The van der Waals surface area contributed by atoms with E-state index in [1.54, 1.807) is 0 Å². The van der Waals surface area contributed by atoms with Gasteiger partial charge in [-0.2, -0.15) is 5.10 Å². The van der Waals surface area contributed by atoms with E-state index in [1.807, 2.05) is 11.8 Å². The van der Waals surface area contributed by atoms with Crippen LogP contribution in [-0.4, -0.2) is 62.7 Å². The van der Waals surface area contributed by atoms with Crippen LogP contribution in [0.1, 0.15) is 68.3 Å². The van der Waals surface area contributed by atoms with Crippen molar-refractivity contribution in [2.24, 2.45) is 5.92 Å². The molecule has 1 aromatic carbocycles. The number of carbonyl (C=O) groups is 1. The number of amides is 1. The van der Waals surface area contributed by atoms with Crippen molar-refractivity contribution in [2.75, 3.05) is 19.6 Å². The lowest BCUT2D eigenvalue weighted by Crippen LogP contribution is -2.40. The summed E-state index contributed by atoms with van der Waals surface area (Å²) in [5.41, 5.74) is 2.39. The SMILES string of the molecule is Cc1cccc(CO[C@H]2C[C@@H](c3n[nH]c(C)n3)N(C(=O)CC3CCN(C(C)C)CC3)C2)c1. The quantitative estimate of drug-likeness (QED) is 0.710. The Bertz CT molecular complexity index is 903. The molecule has 32 heavy (non-hydrogen) atoms. The van der Waals surface area contributed by atoms with Crippen LogP contribution in [0, 0.1) is 19.8 Å². The Morgan fingerprint density at radius 1 is 1.25 bits per heavy atom. The van der Waals surface area contributed by atoms with Gasteiger partial charge in [-0.25, -0.2) is 4.98 Å². The Labute approximate surface area is 191 Å². The van der Waals surface area contributed by atoms with Crippen LogP contribution in [0.25, 0.3) is 0 Å². The summed E-state index contributed by atoms with van der Waals surface area (Å²) in [5, 5.41) is 7.31. The number of H-pyrrole nitrogens is 1. The summed E-state index contributed by atoms with van der Waals surface area (Å²) in [6, 6.07) is 8.84. The van der Waals surface area contributed by atoms with Gasteiger partial charge in [0, 0.05) is 25.4 Å². The average molecular weight is 440 g/mol. The van der Waals surface area contributed by atoms with Crippen LogP contribution in [0.2, 0.25) is 0 Å². The Hall–Kier alpha value is -2.25. The minimum Gasteiger partial charge on any atom is -0.372 e. The first-order valence-corrected chi connectivity index (χ1v) is 12.0. The van der Waals surface area contributed by atoms with Crippen molar-refractivity contribution in [1.82, 2.24) is 25.0 Å². The number of aromatic nitrogens is 3. The number of nitrogens with zero attached hydrogens (tertiary/aromatic N) is 4. The fraction of sp³-hybridized carbons (Fsp3) is 0.640. The molecule has 0 radical (unpaired) electrons. The van der Waals surface area contributed by atoms with Gasteiger partial charge in [-0.05, 0) is 65.1 Å². The standard InChI is InChI=1S/C25H37N5O2/c1-17(2)29-10-8-20(9-11-29)13-24(31)30-15-22(14-23(30)25-26-19(4)27-28-25)32-16-21-7-5-6-18(3)12-21/h5-7,12,17,20,22-23H,8-11,13-16H2,1-4H3,(H,26,27,28)/t22-,23-/m0/s1. The van der Waals surface area contributed by atoms with E-state index in [2.05, 4.69) is 65.1 Å². The number of carbonyl (C=O) groups excluding carboxylic acids is 1. The number of likely N-dealkylation sites (tertiary alicyclic amines) is 2. The van der Waals surface area contributed by atoms with Gasteiger partial charge in [0.2, 0.25) is 5.91 Å². The van der Waals surface area contributed by atoms with Gasteiger partial charge in [0.25, 0.3) is 0 Å². The lowest BCUT2D eigenvalue weighted by Gasteiger charge is -2.35. The largest absolute Gasteiger partial charge is 0.372 e. The van der Waals surface area contributed by atoms with Crippen molar-refractivity contribution in [2.45, 2.75) is 78.2 Å². The molecule has 0 spiro atoms. The van der Waals surface area contributed by atoms with E-state index in [4.69, 9.17) is 4.74 Å². The van der Waals surface area contributed by atoms with E-state index < -0.39 is 0 Å². The summed E-state index contributed by atoms with van der Waals surface area (Å²) < 4.78 is 6.25. The minimum atomic E-state index is -0.120. The third-order valence-electron chi connectivity index (χ3n) is 6.91. The first kappa shape index (κ1) is 22.9. The molecular weight excluding hydrogens is 402 g/mol. The molecule has 2 aromatic rings. The molecule has 7 nitrogen and oxygen atoms in total. The molecule has 0 saturated carbocycles. The van der Waals surface area contributed by atoms with Crippen molar-refractivity contribution >= 4 is 5.91 Å². The van der Waals surface area contributed by atoms with Gasteiger partial charge in [0.1, 0.15) is 5.82 Å². The molecule has 174 valence electrons. The van der Waals surface area contributed by atoms with Crippen molar-refractivity contribution < 1.29 is 9.53 Å². The first-order valence-electron chi connectivity index (χ1n) is 12.0. The molecule has 1 amide bonds. The first-order chi connectivity index (χ1) is 15.4. The van der Waals surface area contributed by atoms with Gasteiger partial charge in [0.05, 0.1) is 18.8 Å². The Balaban J connectivity index is 1.39. The Morgan fingerprint density at radius 3 is 2.69 bits per heavy atom. The van der Waals surface area contributed by atoms with Crippen LogP contribution in [0.15, 0.2) is 24.3 Å². The van der Waals surface area contributed by atoms with Gasteiger partial charge < -0.3 is 14.5 Å². The lowest BCUT2D eigenvalue weighted by molar-refractivity contribution is -0.134. The van der Waals surface area contributed by atoms with Crippen molar-refractivity contribution in [3.8, 4) is 0 Å². The van der Waals surface area contributed by atoms with E-state index in [0.717, 1.165) is 43.7 Å². The maximum absolute atomic E-state index is 13.4. The fourth-order valence-corrected chi connectivity index (χ4v) is 5.00. The number of ether oxygens (including phenoxy) is 1. The molecule has 2 aliphatic rings. The maximum atomic E-state index is 13.4. The highest BCUT2D eigenvalue weighted by Crippen LogP contribution is 2.34. The molecular formula is C25H37N5O2. The van der Waals surface area contributed by atoms with E-state index in [0.29, 0.717) is 37.4 Å². The second-order valence-corrected chi connectivity index (χ2v) is 9.78. The molecule has 0 bridgehead atoms. The number of rotatable bonds is 7. The third kappa shape index (κ3) is 5.56. The molecule has 4 rings (SSSR count). The number of hydrogen-bond acceptors (Lipinski definition) is 5. The number of aromatic amines is 1. The Morgan fingerprint density at radius 2 is 2.03 bits per heavy atom. The van der Waals surface area contributed by atoms with Crippen LogP contribution in [0.3, 0.4) is 0 Å². The van der Waals surface area contributed by atoms with Crippen LogP contribution >= 0.6 is 0 Å². The molecule has 3 heterocycles. The Kier molecular flexibility index (Phi) is 7.26. The lowest BCUT2D eigenvalue weighted by atomic mass is 9.92. The number of aryl methyl sites for hydroxylation is 2. The highest BCUT2D eigenvalue weighted by Gasteiger charge is 2.39. The second kappa shape index (κ2) is 10.1. The molecule has 2 aliphatic heterocycles. The fourth-order valence-electron chi connectivity index (χ4n) is 5.00. The molecule has 2 fully saturated rings. The zero-order chi connectivity index (χ0) is 22.7. The second-order valence-electron chi connectivity index (χ2n) is 9.78. The summed E-state index contributed by atoms with van der Waals surface area (Å²) >= 11 is 0. The number of nitrogens with one attached hydrogen (secondary N) is 1. The molecule has 7 heteroatoms. The normalized spacial score (nSPS) is 22.7. The van der Waals surface area contributed by atoms with Crippen LogP contribution in [-0.2, 0) is 16.1 Å². The molecule has 0 unspecified atom stereocenters. The number of piperidine rings is 1. The van der Waals surface area contributed by atoms with Gasteiger partial charge in [-0.1, -0.05) is 29.8 Å². The predicted molar refractivity (Wildman–Crippen MR) is 124 cm³/mol. The maximum Gasteiger partial charge on any atom is 0.223 e. The van der Waals surface area contributed by atoms with Crippen LogP contribution in [0.4, 0.5) is 0 Å². The molecule has 2 saturated heterocycles. The van der Waals surface area contributed by atoms with E-state index in [9.17, 15) is 4.79 Å². The van der Waals surface area contributed by atoms with Gasteiger partial charge >= 0.3 is 0 Å². The molecule has 1 aromatic heterocycles. The smallest absolute Gasteiger partial charge is 0.223 e. The van der Waals surface area contributed by atoms with Crippen molar-refractivity contribution in [3.63, 3.8) is 0 Å². The predicted octanol–water partition coefficient (Wildman–Crippen LogP) is 3.79. The molecule has 2 atom stereocenters. The minimum absolute atomic E-state index is 0.00828. The van der Waals surface area contributed by atoms with Crippen molar-refractivity contribution in [1.29, 1.82) is 0 Å². The van der Waals surface area contributed by atoms with Crippen molar-refractivity contribution in [3.05, 3.63) is 47.0 Å². The van der Waals surface area contributed by atoms with Gasteiger partial charge in [-0.15, -0.1) is 0 Å². The zero-order valence-electron chi connectivity index (χ0n) is 19.9. The third-order valence-corrected chi connectivity index (χ3v) is 6.91. The number of benzene rings is 1. The average Bonchev–Trinajstić information content (AvgIpc) is 3.39. The highest BCUT2D eigenvalue weighted by molar-refractivity contribution is 5.77. The van der Waals surface area contributed by atoms with Crippen LogP contribution in [0.5, 0.6) is 0 Å². The number of hydrogen-bond donors (Lipinski definition) is 1. The van der Waals surface area contributed by atoms with E-state index >= 15 is 0 Å². The summed E-state index contributed by atoms with van der Waals surface area (Å²) in [5.74, 6) is 2.14. The summed E-state index contributed by atoms with van der Waals surface area (Å²) in [7, 11) is 0. The summed E-state index contributed by atoms with van der Waals surface area (Å²) in [6.45, 7) is 11.8. The topological polar surface area (TPSA) is 74.3 Å².